The lowest BCUT2D eigenvalue weighted by Gasteiger charge is -1.98. The first-order chi connectivity index (χ1) is 6.90. The number of rotatable bonds is 4. The van der Waals surface area contributed by atoms with Crippen LogP contribution in [0.25, 0.3) is 11.0 Å². The van der Waals surface area contributed by atoms with Gasteiger partial charge in [-0.3, -0.25) is 0 Å². The predicted octanol–water partition coefficient (Wildman–Crippen LogP) is 2.19. The molecule has 74 valence electrons. The van der Waals surface area contributed by atoms with Gasteiger partial charge in [0.05, 0.1) is 0 Å². The van der Waals surface area contributed by atoms with Crippen molar-refractivity contribution in [2.45, 2.75) is 6.42 Å². The van der Waals surface area contributed by atoms with Crippen LogP contribution in [0.5, 0.6) is 0 Å². The third-order valence-electron chi connectivity index (χ3n) is 2.11. The first-order valence-electron chi connectivity index (χ1n) is 4.82. The van der Waals surface area contributed by atoms with E-state index in [4.69, 9.17) is 10.2 Å². The number of hydrogen-bond acceptors (Lipinski definition) is 3. The minimum atomic E-state index is 0.702. The van der Waals surface area contributed by atoms with Gasteiger partial charge in [-0.15, -0.1) is 0 Å². The number of hydrogen-bond donors (Lipinski definition) is 2. The Labute approximate surface area is 82.9 Å². The Morgan fingerprint density at radius 2 is 2.14 bits per heavy atom. The van der Waals surface area contributed by atoms with Gasteiger partial charge in [0.15, 0.2) is 5.88 Å². The second-order valence-corrected chi connectivity index (χ2v) is 3.22. The zero-order chi connectivity index (χ0) is 9.80. The molecule has 0 aliphatic heterocycles. The van der Waals surface area contributed by atoms with Crippen molar-refractivity contribution < 1.29 is 4.42 Å². The minimum absolute atomic E-state index is 0.702. The molecule has 3 nitrogen and oxygen atoms in total. The standard InChI is InChI=1S/C11H14N2O/c12-6-3-7-13-11-8-9-4-1-2-5-10(9)14-11/h1-2,4-5,8,13H,3,6-7,12H2. The van der Waals surface area contributed by atoms with E-state index in [1.807, 2.05) is 30.3 Å². The molecule has 0 bridgehead atoms. The highest BCUT2D eigenvalue weighted by molar-refractivity contribution is 5.80. The van der Waals surface area contributed by atoms with E-state index in [9.17, 15) is 0 Å². The molecule has 1 heterocycles. The summed E-state index contributed by atoms with van der Waals surface area (Å²) in [6.45, 7) is 1.56. The molecule has 0 aliphatic rings. The van der Waals surface area contributed by atoms with Crippen molar-refractivity contribution >= 4 is 16.9 Å². The molecule has 0 atom stereocenters. The molecular formula is C11H14N2O. The highest BCUT2D eigenvalue weighted by atomic mass is 16.3. The molecular weight excluding hydrogens is 176 g/mol. The first-order valence-corrected chi connectivity index (χ1v) is 4.82. The highest BCUT2D eigenvalue weighted by Gasteiger charge is 2.00. The van der Waals surface area contributed by atoms with E-state index in [2.05, 4.69) is 5.32 Å². The summed E-state index contributed by atoms with van der Waals surface area (Å²) in [6.07, 6.45) is 0.955. The second-order valence-electron chi connectivity index (χ2n) is 3.22. The number of benzene rings is 1. The molecule has 1 aromatic heterocycles. The topological polar surface area (TPSA) is 51.2 Å². The Morgan fingerprint density at radius 1 is 1.29 bits per heavy atom. The Bertz CT molecular complexity index is 375. The van der Waals surface area contributed by atoms with E-state index in [-0.39, 0.29) is 0 Å². The van der Waals surface area contributed by atoms with E-state index in [1.165, 1.54) is 0 Å². The zero-order valence-corrected chi connectivity index (χ0v) is 7.99. The SMILES string of the molecule is NCCCNc1cc2ccccc2o1. The number of fused-ring (bicyclic) bond motifs is 1. The molecule has 3 N–H and O–H groups in total. The van der Waals surface area contributed by atoms with Crippen LogP contribution in [0.1, 0.15) is 6.42 Å². The Hall–Kier alpha value is -1.48. The molecule has 3 heteroatoms. The Balaban J connectivity index is 2.11. The molecule has 0 saturated carbocycles. The van der Waals surface area contributed by atoms with E-state index >= 15 is 0 Å². The molecule has 2 rings (SSSR count). The van der Waals surface area contributed by atoms with Crippen molar-refractivity contribution in [2.75, 3.05) is 18.4 Å². The van der Waals surface area contributed by atoms with Gasteiger partial charge in [-0.1, -0.05) is 18.2 Å². The summed E-state index contributed by atoms with van der Waals surface area (Å²) >= 11 is 0. The quantitative estimate of drug-likeness (QED) is 0.726. The smallest absolute Gasteiger partial charge is 0.194 e. The first kappa shape index (κ1) is 9.09. The van der Waals surface area contributed by atoms with Gasteiger partial charge in [0.1, 0.15) is 5.58 Å². The lowest BCUT2D eigenvalue weighted by atomic mass is 10.3. The highest BCUT2D eigenvalue weighted by Crippen LogP contribution is 2.22. The number of nitrogens with one attached hydrogen (secondary N) is 1. The summed E-state index contributed by atoms with van der Waals surface area (Å²) in [5, 5.41) is 4.32. The van der Waals surface area contributed by atoms with Crippen molar-refractivity contribution in [1.29, 1.82) is 0 Å². The van der Waals surface area contributed by atoms with Crippen LogP contribution in [0, 0.1) is 0 Å². The molecule has 0 fully saturated rings. The fraction of sp³-hybridized carbons (Fsp3) is 0.273. The summed E-state index contributed by atoms with van der Waals surface area (Å²) in [4.78, 5) is 0. The lowest BCUT2D eigenvalue weighted by Crippen LogP contribution is -2.07. The largest absolute Gasteiger partial charge is 0.441 e. The minimum Gasteiger partial charge on any atom is -0.441 e. The molecule has 14 heavy (non-hydrogen) atoms. The van der Waals surface area contributed by atoms with Crippen LogP contribution in [-0.2, 0) is 0 Å². The summed E-state index contributed by atoms with van der Waals surface area (Å²) in [5.74, 6) is 0.819. The van der Waals surface area contributed by atoms with Crippen molar-refractivity contribution in [1.82, 2.24) is 0 Å². The van der Waals surface area contributed by atoms with Gasteiger partial charge in [0, 0.05) is 18.0 Å². The molecule has 1 aromatic carbocycles. The average molecular weight is 190 g/mol. The van der Waals surface area contributed by atoms with Crippen molar-refractivity contribution in [3.8, 4) is 0 Å². The van der Waals surface area contributed by atoms with Crippen LogP contribution in [-0.4, -0.2) is 13.1 Å². The molecule has 2 aromatic rings. The van der Waals surface area contributed by atoms with E-state index in [0.717, 1.165) is 29.8 Å². The normalized spacial score (nSPS) is 10.6. The predicted molar refractivity (Wildman–Crippen MR) is 58.4 cm³/mol. The number of nitrogens with two attached hydrogens (primary N) is 1. The van der Waals surface area contributed by atoms with Gasteiger partial charge in [-0.05, 0) is 19.0 Å². The van der Waals surface area contributed by atoms with Crippen LogP contribution in [0.2, 0.25) is 0 Å². The monoisotopic (exact) mass is 190 g/mol. The summed E-state index contributed by atoms with van der Waals surface area (Å²) in [7, 11) is 0. The second kappa shape index (κ2) is 4.15. The average Bonchev–Trinajstić information content (AvgIpc) is 2.60. The fourth-order valence-electron chi connectivity index (χ4n) is 1.38. The molecule has 0 aliphatic carbocycles. The van der Waals surface area contributed by atoms with Crippen molar-refractivity contribution in [3.05, 3.63) is 30.3 Å². The Morgan fingerprint density at radius 3 is 2.93 bits per heavy atom. The Kier molecular flexibility index (Phi) is 2.70. The van der Waals surface area contributed by atoms with Crippen molar-refractivity contribution in [2.24, 2.45) is 5.73 Å². The van der Waals surface area contributed by atoms with Crippen LogP contribution in [0.15, 0.2) is 34.7 Å². The molecule has 0 unspecified atom stereocenters. The molecule has 0 radical (unpaired) electrons. The maximum Gasteiger partial charge on any atom is 0.194 e. The number of anilines is 1. The number of furan rings is 1. The summed E-state index contributed by atoms with van der Waals surface area (Å²) < 4.78 is 5.56. The van der Waals surface area contributed by atoms with Crippen molar-refractivity contribution in [3.63, 3.8) is 0 Å². The van der Waals surface area contributed by atoms with Crippen LogP contribution >= 0.6 is 0 Å². The van der Waals surface area contributed by atoms with Crippen LogP contribution < -0.4 is 11.1 Å². The van der Waals surface area contributed by atoms with E-state index in [0.29, 0.717) is 6.54 Å². The molecule has 0 spiro atoms. The van der Waals surface area contributed by atoms with Gasteiger partial charge in [0.2, 0.25) is 0 Å². The zero-order valence-electron chi connectivity index (χ0n) is 7.99. The van der Waals surface area contributed by atoms with Gasteiger partial charge in [-0.25, -0.2) is 0 Å². The van der Waals surface area contributed by atoms with Gasteiger partial charge in [-0.2, -0.15) is 0 Å². The van der Waals surface area contributed by atoms with Crippen LogP contribution in [0.4, 0.5) is 5.88 Å². The maximum atomic E-state index is 5.56. The van der Waals surface area contributed by atoms with Gasteiger partial charge < -0.3 is 15.5 Å². The maximum absolute atomic E-state index is 5.56. The van der Waals surface area contributed by atoms with Crippen LogP contribution in [0.3, 0.4) is 0 Å². The van der Waals surface area contributed by atoms with Gasteiger partial charge >= 0.3 is 0 Å². The van der Waals surface area contributed by atoms with E-state index in [1.54, 1.807) is 0 Å². The molecule has 0 amide bonds. The third kappa shape index (κ3) is 1.88. The summed E-state index contributed by atoms with van der Waals surface area (Å²) in [5.41, 5.74) is 6.32. The molecule has 0 saturated heterocycles. The third-order valence-corrected chi connectivity index (χ3v) is 2.11. The lowest BCUT2D eigenvalue weighted by molar-refractivity contribution is 0.624. The summed E-state index contributed by atoms with van der Waals surface area (Å²) in [6, 6.07) is 9.97. The number of para-hydroxylation sites is 1. The van der Waals surface area contributed by atoms with E-state index < -0.39 is 0 Å². The van der Waals surface area contributed by atoms with Gasteiger partial charge in [0.25, 0.3) is 0 Å². The fourth-order valence-corrected chi connectivity index (χ4v) is 1.38.